The summed E-state index contributed by atoms with van der Waals surface area (Å²) in [6.45, 7) is 3.98. The summed E-state index contributed by atoms with van der Waals surface area (Å²) >= 11 is 0. The minimum atomic E-state index is -0.177. The van der Waals surface area contributed by atoms with E-state index < -0.39 is 0 Å². The van der Waals surface area contributed by atoms with Crippen molar-refractivity contribution < 1.29 is 4.79 Å². The van der Waals surface area contributed by atoms with E-state index in [1.54, 1.807) is 12.4 Å². The van der Waals surface area contributed by atoms with Crippen LogP contribution in [0, 0.1) is 0 Å². The van der Waals surface area contributed by atoms with E-state index in [4.69, 9.17) is 0 Å². The summed E-state index contributed by atoms with van der Waals surface area (Å²) in [6, 6.07) is 4.29. The average molecular weight is 261 g/mol. The van der Waals surface area contributed by atoms with E-state index >= 15 is 0 Å². The molecule has 0 aliphatic heterocycles. The van der Waals surface area contributed by atoms with Crippen LogP contribution in [0.1, 0.15) is 51.1 Å². The molecule has 0 radical (unpaired) electrons. The molecule has 1 unspecified atom stereocenters. The van der Waals surface area contributed by atoms with Crippen LogP contribution < -0.4 is 10.6 Å². The van der Waals surface area contributed by atoms with E-state index in [1.165, 1.54) is 12.8 Å². The second-order valence-electron chi connectivity index (χ2n) is 5.38. The summed E-state index contributed by atoms with van der Waals surface area (Å²) in [5.41, 5.74) is 1.15. The number of carbonyl (C=O) groups is 1. The number of nitrogens with one attached hydrogen (secondary N) is 2. The number of hydrogen-bond donors (Lipinski definition) is 2. The lowest BCUT2D eigenvalue weighted by Gasteiger charge is -2.21. The van der Waals surface area contributed by atoms with Crippen molar-refractivity contribution in [3.8, 4) is 0 Å². The molecular weight excluding hydrogens is 238 g/mol. The molecule has 104 valence electrons. The van der Waals surface area contributed by atoms with Gasteiger partial charge in [0.2, 0.25) is 5.91 Å². The fraction of sp³-hybridized carbons (Fsp3) is 0.600. The topological polar surface area (TPSA) is 54.0 Å². The molecule has 4 nitrogen and oxygen atoms in total. The maximum Gasteiger partial charge on any atom is 0.237 e. The van der Waals surface area contributed by atoms with Crippen molar-refractivity contribution in [1.82, 2.24) is 15.6 Å². The molecule has 1 aliphatic carbocycles. The van der Waals surface area contributed by atoms with Crippen LogP contribution in [-0.4, -0.2) is 23.0 Å². The quantitative estimate of drug-likeness (QED) is 0.854. The van der Waals surface area contributed by atoms with Gasteiger partial charge in [0.15, 0.2) is 0 Å². The molecule has 2 atom stereocenters. The van der Waals surface area contributed by atoms with Crippen molar-refractivity contribution in [3.05, 3.63) is 30.1 Å². The van der Waals surface area contributed by atoms with E-state index in [-0.39, 0.29) is 18.0 Å². The molecule has 1 aromatic heterocycles. The van der Waals surface area contributed by atoms with Gasteiger partial charge >= 0.3 is 0 Å². The second kappa shape index (κ2) is 6.66. The van der Waals surface area contributed by atoms with Crippen molar-refractivity contribution in [2.45, 2.75) is 57.7 Å². The van der Waals surface area contributed by atoms with Crippen molar-refractivity contribution in [3.63, 3.8) is 0 Å². The average Bonchev–Trinajstić information content (AvgIpc) is 2.92. The van der Waals surface area contributed by atoms with Gasteiger partial charge in [0, 0.05) is 24.5 Å². The summed E-state index contributed by atoms with van der Waals surface area (Å²) in [6.07, 6.45) is 8.27. The lowest BCUT2D eigenvalue weighted by Crippen LogP contribution is -2.46. The fourth-order valence-corrected chi connectivity index (χ4v) is 2.60. The molecular formula is C15H23N3O. The summed E-state index contributed by atoms with van der Waals surface area (Å²) < 4.78 is 0. The molecule has 0 saturated heterocycles. The molecule has 2 N–H and O–H groups in total. The summed E-state index contributed by atoms with van der Waals surface area (Å²) in [5, 5.41) is 6.45. The van der Waals surface area contributed by atoms with Crippen molar-refractivity contribution in [2.24, 2.45) is 0 Å². The molecule has 1 amide bonds. The zero-order chi connectivity index (χ0) is 13.7. The molecule has 0 aromatic carbocycles. The third-order valence-electron chi connectivity index (χ3n) is 3.80. The highest BCUT2D eigenvalue weighted by Gasteiger charge is 2.21. The van der Waals surface area contributed by atoms with Crippen LogP contribution in [-0.2, 0) is 4.79 Å². The Kier molecular flexibility index (Phi) is 4.91. The van der Waals surface area contributed by atoms with E-state index in [1.807, 2.05) is 19.1 Å². The van der Waals surface area contributed by atoms with Crippen molar-refractivity contribution in [1.29, 1.82) is 0 Å². The summed E-state index contributed by atoms with van der Waals surface area (Å²) in [5.74, 6) is 0.104. The van der Waals surface area contributed by atoms with Crippen molar-refractivity contribution >= 4 is 5.91 Å². The van der Waals surface area contributed by atoms with E-state index in [9.17, 15) is 4.79 Å². The van der Waals surface area contributed by atoms with Crippen LogP contribution in [0.2, 0.25) is 0 Å². The predicted octanol–water partition coefficient (Wildman–Crippen LogP) is 2.18. The van der Waals surface area contributed by atoms with Crippen LogP contribution in [0.5, 0.6) is 0 Å². The molecule has 1 fully saturated rings. The number of hydrogen-bond acceptors (Lipinski definition) is 3. The minimum Gasteiger partial charge on any atom is -0.352 e. The standard InChI is InChI=1S/C15H23N3O/c1-11(13-7-9-16-10-8-13)17-12(2)15(19)18-14-5-3-4-6-14/h7-12,14,17H,3-6H2,1-2H3,(H,18,19)/t11-,12?/m1/s1. The van der Waals surface area contributed by atoms with Gasteiger partial charge in [-0.1, -0.05) is 12.8 Å². The molecule has 0 spiro atoms. The maximum absolute atomic E-state index is 12.1. The number of pyridine rings is 1. The van der Waals surface area contributed by atoms with Gasteiger partial charge < -0.3 is 5.32 Å². The number of rotatable bonds is 5. The first-order chi connectivity index (χ1) is 9.16. The Morgan fingerprint density at radius 2 is 1.89 bits per heavy atom. The first kappa shape index (κ1) is 14.0. The molecule has 0 bridgehead atoms. The Labute approximate surface area is 115 Å². The molecule has 1 saturated carbocycles. The third-order valence-corrected chi connectivity index (χ3v) is 3.80. The lowest BCUT2D eigenvalue weighted by molar-refractivity contribution is -0.123. The zero-order valence-corrected chi connectivity index (χ0v) is 11.7. The van der Waals surface area contributed by atoms with Gasteiger partial charge in [-0.05, 0) is 44.4 Å². The van der Waals surface area contributed by atoms with Gasteiger partial charge in [0.1, 0.15) is 0 Å². The molecule has 1 aliphatic rings. The van der Waals surface area contributed by atoms with Crippen LogP contribution in [0.25, 0.3) is 0 Å². The predicted molar refractivity (Wildman–Crippen MR) is 75.6 cm³/mol. The van der Waals surface area contributed by atoms with Gasteiger partial charge in [-0.3, -0.25) is 15.1 Å². The highest BCUT2D eigenvalue weighted by molar-refractivity contribution is 5.81. The normalized spacial score (nSPS) is 19.1. The lowest BCUT2D eigenvalue weighted by atomic mass is 10.1. The highest BCUT2D eigenvalue weighted by atomic mass is 16.2. The number of nitrogens with zero attached hydrogens (tertiary/aromatic N) is 1. The number of amides is 1. The number of aromatic nitrogens is 1. The van der Waals surface area contributed by atoms with Crippen molar-refractivity contribution in [2.75, 3.05) is 0 Å². The molecule has 1 aromatic rings. The van der Waals surface area contributed by atoms with E-state index in [0.29, 0.717) is 6.04 Å². The highest BCUT2D eigenvalue weighted by Crippen LogP contribution is 2.18. The SMILES string of the molecule is CC(N[C@H](C)c1ccncc1)C(=O)NC1CCCC1. The first-order valence-electron chi connectivity index (χ1n) is 7.13. The summed E-state index contributed by atoms with van der Waals surface area (Å²) in [4.78, 5) is 16.1. The molecule has 4 heteroatoms. The monoisotopic (exact) mass is 261 g/mol. The van der Waals surface area contributed by atoms with E-state index in [0.717, 1.165) is 18.4 Å². The molecule has 1 heterocycles. The van der Waals surface area contributed by atoms with Crippen LogP contribution >= 0.6 is 0 Å². The minimum absolute atomic E-state index is 0.104. The Morgan fingerprint density at radius 3 is 2.53 bits per heavy atom. The zero-order valence-electron chi connectivity index (χ0n) is 11.7. The van der Waals surface area contributed by atoms with Gasteiger partial charge in [0.25, 0.3) is 0 Å². The smallest absolute Gasteiger partial charge is 0.237 e. The Balaban J connectivity index is 1.82. The fourth-order valence-electron chi connectivity index (χ4n) is 2.60. The van der Waals surface area contributed by atoms with Gasteiger partial charge in [-0.2, -0.15) is 0 Å². The molecule has 19 heavy (non-hydrogen) atoms. The summed E-state index contributed by atoms with van der Waals surface area (Å²) in [7, 11) is 0. The Bertz CT molecular complexity index is 401. The Hall–Kier alpha value is -1.42. The van der Waals surface area contributed by atoms with Gasteiger partial charge in [-0.15, -0.1) is 0 Å². The second-order valence-corrected chi connectivity index (χ2v) is 5.38. The Morgan fingerprint density at radius 1 is 1.26 bits per heavy atom. The van der Waals surface area contributed by atoms with Crippen LogP contribution in [0.3, 0.4) is 0 Å². The largest absolute Gasteiger partial charge is 0.352 e. The first-order valence-corrected chi connectivity index (χ1v) is 7.13. The molecule has 2 rings (SSSR count). The van der Waals surface area contributed by atoms with E-state index in [2.05, 4.69) is 22.5 Å². The number of carbonyl (C=O) groups excluding carboxylic acids is 1. The van der Waals surface area contributed by atoms with Crippen LogP contribution in [0.15, 0.2) is 24.5 Å². The third kappa shape index (κ3) is 4.03. The van der Waals surface area contributed by atoms with Gasteiger partial charge in [-0.25, -0.2) is 0 Å². The van der Waals surface area contributed by atoms with Crippen LogP contribution in [0.4, 0.5) is 0 Å². The maximum atomic E-state index is 12.1. The van der Waals surface area contributed by atoms with Gasteiger partial charge in [0.05, 0.1) is 6.04 Å².